The zero-order valence-corrected chi connectivity index (χ0v) is 12.3. The molecule has 0 amide bonds. The molecule has 0 saturated carbocycles. The summed E-state index contributed by atoms with van der Waals surface area (Å²) in [5.41, 5.74) is 0.378. The van der Waals surface area contributed by atoms with Crippen molar-refractivity contribution in [2.24, 2.45) is 10.3 Å². The minimum absolute atomic E-state index is 0.110. The predicted molar refractivity (Wildman–Crippen MR) is 76.6 cm³/mol. The number of amidine groups is 1. The first-order chi connectivity index (χ1) is 8.88. The lowest BCUT2D eigenvalue weighted by Crippen LogP contribution is -2.19. The maximum atomic E-state index is 13.1. The summed E-state index contributed by atoms with van der Waals surface area (Å²) in [5.74, 6) is 0.750. The first kappa shape index (κ1) is 14.3. The molecule has 1 aliphatic rings. The van der Waals surface area contributed by atoms with Crippen LogP contribution in [0.25, 0.3) is 0 Å². The molecule has 1 heterocycles. The molecule has 0 unspecified atom stereocenters. The quantitative estimate of drug-likeness (QED) is 0.932. The first-order valence-electron chi connectivity index (χ1n) is 5.93. The molecule has 2 rings (SSSR count). The Morgan fingerprint density at radius 3 is 2.84 bits per heavy atom. The fourth-order valence-electron chi connectivity index (χ4n) is 1.56. The summed E-state index contributed by atoms with van der Waals surface area (Å²) in [6.07, 6.45) is 0.974. The van der Waals surface area contributed by atoms with Crippen molar-refractivity contribution in [2.75, 3.05) is 11.1 Å². The van der Waals surface area contributed by atoms with Crippen molar-refractivity contribution >= 4 is 32.6 Å². The molecule has 0 spiro atoms. The maximum Gasteiger partial charge on any atom is 0.286 e. The van der Waals surface area contributed by atoms with E-state index in [0.717, 1.165) is 18.2 Å². The van der Waals surface area contributed by atoms with Crippen LogP contribution in [-0.4, -0.2) is 19.3 Å². The molecule has 0 saturated heterocycles. The normalized spacial score (nSPS) is 16.7. The highest BCUT2D eigenvalue weighted by Gasteiger charge is 2.25. The molecular weight excluding hydrogens is 287 g/mol. The van der Waals surface area contributed by atoms with Crippen LogP contribution in [0.2, 0.25) is 0 Å². The van der Waals surface area contributed by atoms with E-state index in [-0.39, 0.29) is 4.90 Å². The van der Waals surface area contributed by atoms with Crippen LogP contribution in [0.5, 0.6) is 0 Å². The highest BCUT2D eigenvalue weighted by Crippen LogP contribution is 2.30. The van der Waals surface area contributed by atoms with E-state index < -0.39 is 15.8 Å². The predicted octanol–water partition coefficient (Wildman–Crippen LogP) is 3.08. The van der Waals surface area contributed by atoms with Gasteiger partial charge in [-0.3, -0.25) is 0 Å². The number of halogens is 1. The average Bonchev–Trinajstić information content (AvgIpc) is 2.29. The fourth-order valence-corrected chi connectivity index (χ4v) is 4.05. The summed E-state index contributed by atoms with van der Waals surface area (Å²) in [6, 6.07) is 3.62. The van der Waals surface area contributed by atoms with E-state index in [1.165, 1.54) is 23.9 Å². The Hall–Kier alpha value is -1.08. The van der Waals surface area contributed by atoms with Gasteiger partial charge in [-0.1, -0.05) is 25.6 Å². The summed E-state index contributed by atoms with van der Waals surface area (Å²) < 4.78 is 40.6. The molecule has 0 aromatic heterocycles. The van der Waals surface area contributed by atoms with Gasteiger partial charge in [-0.25, -0.2) is 4.39 Å². The molecule has 0 bridgehead atoms. The number of nitrogens with zero attached hydrogens (tertiary/aromatic N) is 1. The minimum Gasteiger partial charge on any atom is -0.333 e. The molecule has 1 aromatic rings. The average molecular weight is 302 g/mol. The Kier molecular flexibility index (Phi) is 4.15. The summed E-state index contributed by atoms with van der Waals surface area (Å²) in [6.45, 7) is 4.21. The van der Waals surface area contributed by atoms with Gasteiger partial charge >= 0.3 is 0 Å². The van der Waals surface area contributed by atoms with E-state index in [0.29, 0.717) is 16.8 Å². The monoisotopic (exact) mass is 302 g/mol. The van der Waals surface area contributed by atoms with Crippen LogP contribution in [-0.2, 0) is 10.0 Å². The Labute approximate surface area is 116 Å². The third-order valence-electron chi connectivity index (χ3n) is 2.60. The van der Waals surface area contributed by atoms with Gasteiger partial charge < -0.3 is 5.32 Å². The number of rotatable bonds is 3. The van der Waals surface area contributed by atoms with Crippen molar-refractivity contribution in [3.8, 4) is 0 Å². The van der Waals surface area contributed by atoms with Gasteiger partial charge in [-0.05, 0) is 30.5 Å². The number of hydrogen-bond acceptors (Lipinski definition) is 4. The lowest BCUT2D eigenvalue weighted by atomic mass is 10.2. The number of thioether (sulfide) groups is 1. The Morgan fingerprint density at radius 1 is 1.42 bits per heavy atom. The molecule has 104 valence electrons. The zero-order chi connectivity index (χ0) is 14.0. The molecule has 7 heteroatoms. The second-order valence-corrected chi connectivity index (χ2v) is 7.32. The van der Waals surface area contributed by atoms with Gasteiger partial charge in [0.15, 0.2) is 5.17 Å². The molecule has 19 heavy (non-hydrogen) atoms. The van der Waals surface area contributed by atoms with Crippen molar-refractivity contribution in [3.05, 3.63) is 24.0 Å². The SMILES string of the molecule is CC(C)CCSC1=NS(=O)(=O)c2cc(F)ccc2N1. The van der Waals surface area contributed by atoms with Crippen LogP contribution in [0.3, 0.4) is 0 Å². The van der Waals surface area contributed by atoms with E-state index in [1.54, 1.807) is 0 Å². The van der Waals surface area contributed by atoms with Gasteiger partial charge in [-0.15, -0.1) is 4.40 Å². The van der Waals surface area contributed by atoms with Crippen molar-refractivity contribution < 1.29 is 12.8 Å². The van der Waals surface area contributed by atoms with Gasteiger partial charge in [-0.2, -0.15) is 8.42 Å². The lowest BCUT2D eigenvalue weighted by Gasteiger charge is -2.17. The van der Waals surface area contributed by atoms with Gasteiger partial charge in [0, 0.05) is 5.75 Å². The van der Waals surface area contributed by atoms with Crippen LogP contribution < -0.4 is 5.32 Å². The number of sulfonamides is 1. The van der Waals surface area contributed by atoms with E-state index in [2.05, 4.69) is 23.6 Å². The van der Waals surface area contributed by atoms with E-state index in [4.69, 9.17) is 0 Å². The van der Waals surface area contributed by atoms with Gasteiger partial charge in [0.25, 0.3) is 10.0 Å². The molecule has 0 radical (unpaired) electrons. The number of hydrogen-bond donors (Lipinski definition) is 1. The Morgan fingerprint density at radius 2 is 2.16 bits per heavy atom. The minimum atomic E-state index is -3.80. The van der Waals surface area contributed by atoms with Gasteiger partial charge in [0.1, 0.15) is 10.7 Å². The van der Waals surface area contributed by atoms with Crippen LogP contribution in [0.15, 0.2) is 27.5 Å². The molecule has 1 aromatic carbocycles. The lowest BCUT2D eigenvalue weighted by molar-refractivity contribution is 0.592. The number of fused-ring (bicyclic) bond motifs is 1. The van der Waals surface area contributed by atoms with Gasteiger partial charge in [0.05, 0.1) is 5.69 Å². The topological polar surface area (TPSA) is 58.5 Å². The molecule has 4 nitrogen and oxygen atoms in total. The second-order valence-electron chi connectivity index (χ2n) is 4.67. The molecule has 1 aliphatic heterocycles. The van der Waals surface area contributed by atoms with E-state index in [1.807, 2.05) is 0 Å². The van der Waals surface area contributed by atoms with Crippen molar-refractivity contribution in [3.63, 3.8) is 0 Å². The van der Waals surface area contributed by atoms with Crippen LogP contribution in [0, 0.1) is 11.7 Å². The standard InChI is InChI=1S/C12H15FN2O2S2/c1-8(2)5-6-18-12-14-10-4-3-9(13)7-11(10)19(16,17)15-12/h3-4,7-8H,5-6H2,1-2H3,(H,14,15). The molecule has 0 fully saturated rings. The fraction of sp³-hybridized carbons (Fsp3) is 0.417. The zero-order valence-electron chi connectivity index (χ0n) is 10.7. The Bertz CT molecular complexity index is 612. The van der Waals surface area contributed by atoms with Crippen LogP contribution >= 0.6 is 11.8 Å². The van der Waals surface area contributed by atoms with Crippen LogP contribution in [0.1, 0.15) is 20.3 Å². The smallest absolute Gasteiger partial charge is 0.286 e. The molecule has 1 N–H and O–H groups in total. The maximum absolute atomic E-state index is 13.1. The van der Waals surface area contributed by atoms with Gasteiger partial charge in [0.2, 0.25) is 0 Å². The van der Waals surface area contributed by atoms with Crippen LogP contribution in [0.4, 0.5) is 10.1 Å². The third-order valence-corrected chi connectivity index (χ3v) is 4.94. The number of nitrogens with one attached hydrogen (secondary N) is 1. The third kappa shape index (κ3) is 3.48. The summed E-state index contributed by atoms with van der Waals surface area (Å²) in [5, 5.41) is 3.27. The molecule has 0 aliphatic carbocycles. The Balaban J connectivity index is 2.20. The summed E-state index contributed by atoms with van der Waals surface area (Å²) in [4.78, 5) is -0.110. The first-order valence-corrected chi connectivity index (χ1v) is 8.35. The van der Waals surface area contributed by atoms with E-state index in [9.17, 15) is 12.8 Å². The van der Waals surface area contributed by atoms with Crippen molar-refractivity contribution in [2.45, 2.75) is 25.2 Å². The summed E-state index contributed by atoms with van der Waals surface area (Å²) >= 11 is 1.36. The van der Waals surface area contributed by atoms with E-state index >= 15 is 0 Å². The number of anilines is 1. The molecule has 0 atom stereocenters. The largest absolute Gasteiger partial charge is 0.333 e. The summed E-state index contributed by atoms with van der Waals surface area (Å²) in [7, 11) is -3.80. The molecular formula is C12H15FN2O2S2. The van der Waals surface area contributed by atoms with Crippen molar-refractivity contribution in [1.29, 1.82) is 0 Å². The highest BCUT2D eigenvalue weighted by molar-refractivity contribution is 8.14. The highest BCUT2D eigenvalue weighted by atomic mass is 32.2. The number of benzene rings is 1. The second kappa shape index (κ2) is 5.50. The van der Waals surface area contributed by atoms with Crippen molar-refractivity contribution in [1.82, 2.24) is 0 Å².